The van der Waals surface area contributed by atoms with Gasteiger partial charge in [0.05, 0.1) is 13.7 Å². The number of nitrogens with one attached hydrogen (secondary N) is 1. The van der Waals surface area contributed by atoms with E-state index in [4.69, 9.17) is 9.84 Å². The second-order valence-electron chi connectivity index (χ2n) is 4.35. The van der Waals surface area contributed by atoms with Crippen molar-refractivity contribution in [1.82, 2.24) is 5.32 Å². The number of methoxy groups -OCH3 is 1. The Kier molecular flexibility index (Phi) is 4.77. The summed E-state index contributed by atoms with van der Waals surface area (Å²) in [7, 11) is 1.65. The summed E-state index contributed by atoms with van der Waals surface area (Å²) in [5, 5.41) is 12.4. The van der Waals surface area contributed by atoms with E-state index >= 15 is 0 Å². The second-order valence-corrected chi connectivity index (χ2v) is 5.21. The Bertz CT molecular complexity index is 353. The molecule has 1 aromatic rings. The van der Waals surface area contributed by atoms with Gasteiger partial charge in [0.2, 0.25) is 0 Å². The second kappa shape index (κ2) is 5.66. The summed E-state index contributed by atoms with van der Waals surface area (Å²) in [6.45, 7) is 4.71. The van der Waals surface area contributed by atoms with Crippen molar-refractivity contribution in [2.75, 3.05) is 13.7 Å². The van der Waals surface area contributed by atoms with Crippen molar-refractivity contribution >= 4 is 15.9 Å². The van der Waals surface area contributed by atoms with Gasteiger partial charge in [0.15, 0.2) is 0 Å². The van der Waals surface area contributed by atoms with Crippen LogP contribution in [0.25, 0.3) is 0 Å². The summed E-state index contributed by atoms with van der Waals surface area (Å²) in [5.41, 5.74) is 0.837. The average molecular weight is 288 g/mol. The number of ether oxygens (including phenoxy) is 1. The van der Waals surface area contributed by atoms with E-state index in [0.29, 0.717) is 6.54 Å². The first-order valence-corrected chi connectivity index (χ1v) is 5.96. The van der Waals surface area contributed by atoms with Crippen LogP contribution in [0.1, 0.15) is 19.4 Å². The molecule has 4 heteroatoms. The zero-order valence-electron chi connectivity index (χ0n) is 9.88. The number of rotatable bonds is 5. The molecule has 0 radical (unpaired) electrons. The third-order valence-corrected chi connectivity index (χ3v) is 3.18. The molecule has 0 fully saturated rings. The van der Waals surface area contributed by atoms with Crippen molar-refractivity contribution in [1.29, 1.82) is 0 Å². The van der Waals surface area contributed by atoms with Crippen molar-refractivity contribution in [3.8, 4) is 5.75 Å². The Morgan fingerprint density at radius 3 is 2.69 bits per heavy atom. The van der Waals surface area contributed by atoms with Crippen molar-refractivity contribution in [2.24, 2.45) is 0 Å². The largest absolute Gasteiger partial charge is 0.497 e. The van der Waals surface area contributed by atoms with E-state index in [-0.39, 0.29) is 12.1 Å². The van der Waals surface area contributed by atoms with E-state index in [2.05, 4.69) is 21.2 Å². The molecule has 0 aromatic heterocycles. The average Bonchev–Trinajstić information content (AvgIpc) is 2.28. The van der Waals surface area contributed by atoms with Gasteiger partial charge < -0.3 is 15.2 Å². The maximum absolute atomic E-state index is 9.14. The van der Waals surface area contributed by atoms with Crippen LogP contribution in [0.3, 0.4) is 0 Å². The molecule has 0 amide bonds. The fraction of sp³-hybridized carbons (Fsp3) is 0.500. The third kappa shape index (κ3) is 3.77. The molecule has 0 aliphatic carbocycles. The Morgan fingerprint density at radius 2 is 2.12 bits per heavy atom. The lowest BCUT2D eigenvalue weighted by Gasteiger charge is -2.24. The number of hydrogen-bond donors (Lipinski definition) is 2. The maximum Gasteiger partial charge on any atom is 0.119 e. The van der Waals surface area contributed by atoms with Crippen LogP contribution < -0.4 is 10.1 Å². The number of benzene rings is 1. The van der Waals surface area contributed by atoms with Crippen LogP contribution >= 0.6 is 15.9 Å². The minimum absolute atomic E-state index is 0.106. The first kappa shape index (κ1) is 13.5. The van der Waals surface area contributed by atoms with Crippen LogP contribution in [-0.2, 0) is 6.54 Å². The lowest BCUT2D eigenvalue weighted by Crippen LogP contribution is -2.42. The van der Waals surface area contributed by atoms with Gasteiger partial charge in [0.1, 0.15) is 5.75 Å². The Labute approximate surface area is 105 Å². The quantitative estimate of drug-likeness (QED) is 0.873. The van der Waals surface area contributed by atoms with Gasteiger partial charge in [-0.15, -0.1) is 0 Å². The molecule has 0 bridgehead atoms. The molecule has 1 aromatic carbocycles. The molecule has 0 saturated heterocycles. The van der Waals surface area contributed by atoms with E-state index in [1.54, 1.807) is 7.11 Å². The van der Waals surface area contributed by atoms with Gasteiger partial charge >= 0.3 is 0 Å². The molecule has 3 nitrogen and oxygen atoms in total. The summed E-state index contributed by atoms with van der Waals surface area (Å²) in [4.78, 5) is 0. The summed E-state index contributed by atoms with van der Waals surface area (Å²) in [5.74, 6) is 0.835. The van der Waals surface area contributed by atoms with Crippen LogP contribution in [0, 0.1) is 0 Å². The Hall–Kier alpha value is -0.580. The molecule has 0 saturated carbocycles. The summed E-state index contributed by atoms with van der Waals surface area (Å²) < 4.78 is 6.21. The molecular weight excluding hydrogens is 270 g/mol. The van der Waals surface area contributed by atoms with E-state index < -0.39 is 0 Å². The summed E-state index contributed by atoms with van der Waals surface area (Å²) in [6, 6.07) is 5.84. The Morgan fingerprint density at radius 1 is 1.44 bits per heavy atom. The van der Waals surface area contributed by atoms with Gasteiger partial charge in [0.25, 0.3) is 0 Å². The van der Waals surface area contributed by atoms with Crippen LogP contribution in [0.4, 0.5) is 0 Å². The van der Waals surface area contributed by atoms with Crippen LogP contribution in [0.15, 0.2) is 22.7 Å². The van der Waals surface area contributed by atoms with Crippen molar-refractivity contribution in [2.45, 2.75) is 25.9 Å². The van der Waals surface area contributed by atoms with Crippen molar-refractivity contribution < 1.29 is 9.84 Å². The zero-order valence-corrected chi connectivity index (χ0v) is 11.5. The van der Waals surface area contributed by atoms with Gasteiger partial charge in [-0.3, -0.25) is 0 Å². The molecule has 2 N–H and O–H groups in total. The number of hydrogen-bond acceptors (Lipinski definition) is 3. The summed E-state index contributed by atoms with van der Waals surface area (Å²) >= 11 is 3.49. The normalized spacial score (nSPS) is 11.6. The molecule has 0 aliphatic rings. The van der Waals surface area contributed by atoms with Crippen LogP contribution in [0.2, 0.25) is 0 Å². The minimum Gasteiger partial charge on any atom is -0.497 e. The van der Waals surface area contributed by atoms with Gasteiger partial charge in [-0.25, -0.2) is 0 Å². The zero-order chi connectivity index (χ0) is 12.2. The van der Waals surface area contributed by atoms with E-state index in [1.165, 1.54) is 0 Å². The first-order chi connectivity index (χ1) is 7.48. The standard InChI is InChI=1S/C12H18BrNO2/c1-12(2,8-15)14-7-9-6-10(16-3)4-5-11(9)13/h4-6,14-15H,7-8H2,1-3H3. The fourth-order valence-electron chi connectivity index (χ4n) is 1.20. The van der Waals surface area contributed by atoms with E-state index in [0.717, 1.165) is 15.8 Å². The Balaban J connectivity index is 2.73. The molecule has 90 valence electrons. The highest BCUT2D eigenvalue weighted by Gasteiger charge is 2.15. The number of aliphatic hydroxyl groups excluding tert-OH is 1. The van der Waals surface area contributed by atoms with E-state index in [1.807, 2.05) is 32.0 Å². The van der Waals surface area contributed by atoms with Gasteiger partial charge in [0, 0.05) is 16.6 Å². The number of halogens is 1. The molecule has 16 heavy (non-hydrogen) atoms. The van der Waals surface area contributed by atoms with Gasteiger partial charge in [-0.2, -0.15) is 0 Å². The topological polar surface area (TPSA) is 41.5 Å². The predicted octanol–water partition coefficient (Wildman–Crippen LogP) is 2.32. The number of aliphatic hydroxyl groups is 1. The molecule has 0 spiro atoms. The molecule has 0 unspecified atom stereocenters. The highest BCUT2D eigenvalue weighted by Crippen LogP contribution is 2.22. The van der Waals surface area contributed by atoms with Crippen LogP contribution in [-0.4, -0.2) is 24.4 Å². The lowest BCUT2D eigenvalue weighted by atomic mass is 10.1. The third-order valence-electron chi connectivity index (χ3n) is 2.41. The smallest absolute Gasteiger partial charge is 0.119 e. The SMILES string of the molecule is COc1ccc(Br)c(CNC(C)(C)CO)c1. The van der Waals surface area contributed by atoms with Gasteiger partial charge in [-0.1, -0.05) is 15.9 Å². The summed E-state index contributed by atoms with van der Waals surface area (Å²) in [6.07, 6.45) is 0. The lowest BCUT2D eigenvalue weighted by molar-refractivity contribution is 0.187. The fourth-order valence-corrected chi connectivity index (χ4v) is 1.59. The molecular formula is C12H18BrNO2. The highest BCUT2D eigenvalue weighted by molar-refractivity contribution is 9.10. The maximum atomic E-state index is 9.14. The molecule has 0 aliphatic heterocycles. The minimum atomic E-state index is -0.275. The molecule has 0 heterocycles. The monoisotopic (exact) mass is 287 g/mol. The van der Waals surface area contributed by atoms with Crippen molar-refractivity contribution in [3.05, 3.63) is 28.2 Å². The van der Waals surface area contributed by atoms with Gasteiger partial charge in [-0.05, 0) is 37.6 Å². The highest BCUT2D eigenvalue weighted by atomic mass is 79.9. The molecule has 1 rings (SSSR count). The molecule has 0 atom stereocenters. The van der Waals surface area contributed by atoms with Crippen LogP contribution in [0.5, 0.6) is 5.75 Å². The van der Waals surface area contributed by atoms with Crippen molar-refractivity contribution in [3.63, 3.8) is 0 Å². The van der Waals surface area contributed by atoms with E-state index in [9.17, 15) is 0 Å². The first-order valence-electron chi connectivity index (χ1n) is 5.17. The predicted molar refractivity (Wildman–Crippen MR) is 68.7 cm³/mol.